The highest BCUT2D eigenvalue weighted by molar-refractivity contribution is 5.29. The highest BCUT2D eigenvalue weighted by atomic mass is 14.1. The standard InChI is InChI=1S/C11H18/c1-3-5-6-11-8-7-10(4-2)9-11/h7-8H,3-6,9H2,1-2H3. The maximum Gasteiger partial charge on any atom is -0.0102 e. The van der Waals surface area contributed by atoms with Crippen molar-refractivity contribution in [3.8, 4) is 0 Å². The van der Waals surface area contributed by atoms with E-state index >= 15 is 0 Å². The molecule has 1 aliphatic carbocycles. The number of hydrogen-bond donors (Lipinski definition) is 0. The van der Waals surface area contributed by atoms with Crippen molar-refractivity contribution in [1.29, 1.82) is 0 Å². The first-order chi connectivity index (χ1) is 5.36. The average molecular weight is 150 g/mol. The quantitative estimate of drug-likeness (QED) is 0.571. The van der Waals surface area contributed by atoms with Gasteiger partial charge in [0.1, 0.15) is 0 Å². The second kappa shape index (κ2) is 4.38. The predicted octanol–water partition coefficient (Wildman–Crippen LogP) is 3.84. The second-order valence-corrected chi connectivity index (χ2v) is 3.28. The molecular weight excluding hydrogens is 132 g/mol. The molecule has 0 aromatic rings. The Morgan fingerprint density at radius 1 is 1.18 bits per heavy atom. The predicted molar refractivity (Wildman–Crippen MR) is 50.6 cm³/mol. The first-order valence-electron chi connectivity index (χ1n) is 4.74. The number of hydrogen-bond acceptors (Lipinski definition) is 0. The fraction of sp³-hybridized carbons (Fsp3) is 0.636. The smallest absolute Gasteiger partial charge is 0.0102 e. The van der Waals surface area contributed by atoms with Crippen molar-refractivity contribution in [2.75, 3.05) is 0 Å². The summed E-state index contributed by atoms with van der Waals surface area (Å²) in [5, 5.41) is 0. The number of allylic oxidation sites excluding steroid dienone is 4. The first kappa shape index (κ1) is 8.58. The van der Waals surface area contributed by atoms with E-state index in [-0.39, 0.29) is 0 Å². The van der Waals surface area contributed by atoms with E-state index < -0.39 is 0 Å². The van der Waals surface area contributed by atoms with Crippen LogP contribution in [0, 0.1) is 0 Å². The first-order valence-corrected chi connectivity index (χ1v) is 4.74. The van der Waals surface area contributed by atoms with Gasteiger partial charge in [-0.2, -0.15) is 0 Å². The molecule has 62 valence electrons. The molecule has 0 heterocycles. The molecule has 0 heteroatoms. The Morgan fingerprint density at radius 3 is 2.45 bits per heavy atom. The van der Waals surface area contributed by atoms with E-state index in [1.54, 1.807) is 11.1 Å². The van der Waals surface area contributed by atoms with Crippen molar-refractivity contribution in [3.63, 3.8) is 0 Å². The van der Waals surface area contributed by atoms with Crippen molar-refractivity contribution in [2.24, 2.45) is 0 Å². The van der Waals surface area contributed by atoms with Gasteiger partial charge in [0.05, 0.1) is 0 Å². The largest absolute Gasteiger partial charge is 0.0664 e. The van der Waals surface area contributed by atoms with Gasteiger partial charge in [0.25, 0.3) is 0 Å². The van der Waals surface area contributed by atoms with Gasteiger partial charge in [-0.3, -0.25) is 0 Å². The molecule has 0 bridgehead atoms. The normalized spacial score (nSPS) is 16.5. The van der Waals surface area contributed by atoms with Crippen LogP contribution in [0.5, 0.6) is 0 Å². The molecule has 0 aromatic heterocycles. The highest BCUT2D eigenvalue weighted by Crippen LogP contribution is 2.24. The van der Waals surface area contributed by atoms with E-state index in [1.165, 1.54) is 32.1 Å². The van der Waals surface area contributed by atoms with E-state index in [1.807, 2.05) is 0 Å². The molecule has 0 spiro atoms. The van der Waals surface area contributed by atoms with Gasteiger partial charge in [-0.15, -0.1) is 0 Å². The Morgan fingerprint density at radius 2 is 1.91 bits per heavy atom. The van der Waals surface area contributed by atoms with Crippen LogP contribution < -0.4 is 0 Å². The van der Waals surface area contributed by atoms with Crippen LogP contribution in [0.25, 0.3) is 0 Å². The van der Waals surface area contributed by atoms with Gasteiger partial charge < -0.3 is 0 Å². The highest BCUT2D eigenvalue weighted by Gasteiger charge is 2.04. The molecule has 0 fully saturated rings. The monoisotopic (exact) mass is 150 g/mol. The third-order valence-electron chi connectivity index (χ3n) is 2.31. The average Bonchev–Trinajstić information content (AvgIpc) is 2.48. The molecule has 0 unspecified atom stereocenters. The van der Waals surface area contributed by atoms with Crippen LogP contribution in [0.15, 0.2) is 23.3 Å². The lowest BCUT2D eigenvalue weighted by Crippen LogP contribution is -1.81. The van der Waals surface area contributed by atoms with Crippen LogP contribution in [0.3, 0.4) is 0 Å². The van der Waals surface area contributed by atoms with E-state index in [2.05, 4.69) is 26.0 Å². The summed E-state index contributed by atoms with van der Waals surface area (Å²) in [4.78, 5) is 0. The van der Waals surface area contributed by atoms with Crippen molar-refractivity contribution in [2.45, 2.75) is 46.0 Å². The third kappa shape index (κ3) is 2.53. The van der Waals surface area contributed by atoms with Crippen LogP contribution in [-0.4, -0.2) is 0 Å². The maximum atomic E-state index is 2.31. The van der Waals surface area contributed by atoms with Gasteiger partial charge in [0.2, 0.25) is 0 Å². The van der Waals surface area contributed by atoms with Crippen molar-refractivity contribution in [1.82, 2.24) is 0 Å². The lowest BCUT2D eigenvalue weighted by atomic mass is 10.0. The summed E-state index contributed by atoms with van der Waals surface area (Å²) in [6, 6.07) is 0. The zero-order chi connectivity index (χ0) is 8.10. The van der Waals surface area contributed by atoms with Gasteiger partial charge in [-0.05, 0) is 25.7 Å². The van der Waals surface area contributed by atoms with Crippen LogP contribution in [-0.2, 0) is 0 Å². The maximum absolute atomic E-state index is 2.31. The molecule has 1 aliphatic rings. The summed E-state index contributed by atoms with van der Waals surface area (Å²) in [7, 11) is 0. The molecule has 0 saturated heterocycles. The Labute approximate surface area is 70.0 Å². The van der Waals surface area contributed by atoms with E-state index in [0.717, 1.165) is 0 Å². The van der Waals surface area contributed by atoms with Gasteiger partial charge in [0.15, 0.2) is 0 Å². The zero-order valence-corrected chi connectivity index (χ0v) is 7.69. The molecule has 0 amide bonds. The summed E-state index contributed by atoms with van der Waals surface area (Å²) in [6.07, 6.45) is 11.1. The minimum Gasteiger partial charge on any atom is -0.0664 e. The third-order valence-corrected chi connectivity index (χ3v) is 2.31. The Kier molecular flexibility index (Phi) is 3.41. The van der Waals surface area contributed by atoms with Crippen LogP contribution in [0.4, 0.5) is 0 Å². The topological polar surface area (TPSA) is 0 Å². The summed E-state index contributed by atoms with van der Waals surface area (Å²) in [5.74, 6) is 0. The van der Waals surface area contributed by atoms with E-state index in [9.17, 15) is 0 Å². The number of rotatable bonds is 4. The van der Waals surface area contributed by atoms with Gasteiger partial charge in [-0.25, -0.2) is 0 Å². The minimum absolute atomic E-state index is 1.23. The number of unbranched alkanes of at least 4 members (excludes halogenated alkanes) is 1. The van der Waals surface area contributed by atoms with E-state index in [4.69, 9.17) is 0 Å². The lowest BCUT2D eigenvalue weighted by molar-refractivity contribution is 0.771. The van der Waals surface area contributed by atoms with Gasteiger partial charge in [-0.1, -0.05) is 43.6 Å². The molecular formula is C11H18. The molecule has 0 N–H and O–H groups in total. The van der Waals surface area contributed by atoms with Crippen LogP contribution in [0.2, 0.25) is 0 Å². The van der Waals surface area contributed by atoms with Crippen LogP contribution >= 0.6 is 0 Å². The lowest BCUT2D eigenvalue weighted by Gasteiger charge is -2.01. The molecule has 0 saturated carbocycles. The Hall–Kier alpha value is -0.520. The zero-order valence-electron chi connectivity index (χ0n) is 7.69. The molecule has 0 radical (unpaired) electrons. The minimum atomic E-state index is 1.23. The molecule has 0 atom stereocenters. The second-order valence-electron chi connectivity index (χ2n) is 3.28. The summed E-state index contributed by atoms with van der Waals surface area (Å²) >= 11 is 0. The summed E-state index contributed by atoms with van der Waals surface area (Å²) in [5.41, 5.74) is 3.25. The summed E-state index contributed by atoms with van der Waals surface area (Å²) < 4.78 is 0. The fourth-order valence-corrected chi connectivity index (χ4v) is 1.46. The van der Waals surface area contributed by atoms with Crippen LogP contribution in [0.1, 0.15) is 46.0 Å². The molecule has 0 aromatic carbocycles. The van der Waals surface area contributed by atoms with E-state index in [0.29, 0.717) is 0 Å². The Balaban J connectivity index is 2.23. The van der Waals surface area contributed by atoms with Gasteiger partial charge >= 0.3 is 0 Å². The molecule has 1 rings (SSSR count). The molecule has 0 aliphatic heterocycles. The van der Waals surface area contributed by atoms with Crippen molar-refractivity contribution >= 4 is 0 Å². The summed E-state index contributed by atoms with van der Waals surface area (Å²) in [6.45, 7) is 4.49. The van der Waals surface area contributed by atoms with Crippen molar-refractivity contribution < 1.29 is 0 Å². The molecule has 0 nitrogen and oxygen atoms in total. The fourth-order valence-electron chi connectivity index (χ4n) is 1.46. The Bertz CT molecular complexity index is 172. The SMILES string of the molecule is CCCCC1=CC=C(CC)C1. The van der Waals surface area contributed by atoms with Crippen molar-refractivity contribution in [3.05, 3.63) is 23.3 Å². The molecule has 11 heavy (non-hydrogen) atoms. The van der Waals surface area contributed by atoms with Gasteiger partial charge in [0, 0.05) is 0 Å².